The standard InChI is InChI=1S/C10H11F4N.ClH/c1-6-2-3-7(4-8(6)11)9(15)5-10(12,13)14;/h2-4,9H,5,15H2,1H3;1H/t9-;/m1./s1. The summed E-state index contributed by atoms with van der Waals surface area (Å²) >= 11 is 0. The molecule has 0 aliphatic heterocycles. The Bertz CT molecular complexity index is 351. The summed E-state index contributed by atoms with van der Waals surface area (Å²) in [5.74, 6) is -0.537. The molecule has 0 fully saturated rings. The molecule has 0 amide bonds. The molecule has 0 aliphatic rings. The molecule has 1 atom stereocenters. The lowest BCUT2D eigenvalue weighted by Gasteiger charge is -2.14. The second kappa shape index (κ2) is 5.50. The van der Waals surface area contributed by atoms with Crippen molar-refractivity contribution in [3.63, 3.8) is 0 Å². The van der Waals surface area contributed by atoms with Crippen molar-refractivity contribution >= 4 is 12.4 Å². The van der Waals surface area contributed by atoms with Gasteiger partial charge < -0.3 is 5.73 Å². The molecule has 92 valence electrons. The van der Waals surface area contributed by atoms with Crippen molar-refractivity contribution in [2.24, 2.45) is 5.73 Å². The monoisotopic (exact) mass is 257 g/mol. The molecule has 0 saturated heterocycles. The fourth-order valence-corrected chi connectivity index (χ4v) is 1.21. The van der Waals surface area contributed by atoms with E-state index in [1.54, 1.807) is 0 Å². The van der Waals surface area contributed by atoms with Crippen molar-refractivity contribution in [2.45, 2.75) is 25.6 Å². The minimum absolute atomic E-state index is 0. The van der Waals surface area contributed by atoms with Gasteiger partial charge in [0.05, 0.1) is 6.42 Å². The molecule has 0 aliphatic carbocycles. The van der Waals surface area contributed by atoms with E-state index in [0.29, 0.717) is 5.56 Å². The van der Waals surface area contributed by atoms with Gasteiger partial charge >= 0.3 is 6.18 Å². The van der Waals surface area contributed by atoms with E-state index in [1.807, 2.05) is 0 Å². The fraction of sp³-hybridized carbons (Fsp3) is 0.400. The van der Waals surface area contributed by atoms with E-state index in [-0.39, 0.29) is 18.0 Å². The molecule has 0 saturated carbocycles. The van der Waals surface area contributed by atoms with E-state index < -0.39 is 24.5 Å². The van der Waals surface area contributed by atoms with Crippen LogP contribution in [0.15, 0.2) is 18.2 Å². The summed E-state index contributed by atoms with van der Waals surface area (Å²) in [7, 11) is 0. The van der Waals surface area contributed by atoms with Crippen LogP contribution in [0.2, 0.25) is 0 Å². The van der Waals surface area contributed by atoms with Crippen LogP contribution in [-0.2, 0) is 0 Å². The summed E-state index contributed by atoms with van der Waals surface area (Å²) in [6, 6.07) is 2.67. The first-order valence-corrected chi connectivity index (χ1v) is 4.38. The predicted octanol–water partition coefficient (Wildman–Crippen LogP) is 3.51. The number of benzene rings is 1. The first-order chi connectivity index (χ1) is 6.79. The first-order valence-electron chi connectivity index (χ1n) is 4.38. The van der Waals surface area contributed by atoms with Crippen LogP contribution in [0, 0.1) is 12.7 Å². The van der Waals surface area contributed by atoms with Gasteiger partial charge in [0, 0.05) is 6.04 Å². The minimum atomic E-state index is -4.33. The maximum absolute atomic E-state index is 13.0. The van der Waals surface area contributed by atoms with Crippen LogP contribution in [-0.4, -0.2) is 6.18 Å². The van der Waals surface area contributed by atoms with Crippen LogP contribution in [0.25, 0.3) is 0 Å². The zero-order chi connectivity index (χ0) is 11.6. The van der Waals surface area contributed by atoms with Gasteiger partial charge in [0.25, 0.3) is 0 Å². The van der Waals surface area contributed by atoms with Crippen molar-refractivity contribution in [1.29, 1.82) is 0 Å². The lowest BCUT2D eigenvalue weighted by molar-refractivity contribution is -0.138. The summed E-state index contributed by atoms with van der Waals surface area (Å²) < 4.78 is 49.0. The van der Waals surface area contributed by atoms with Gasteiger partial charge in [0.2, 0.25) is 0 Å². The first kappa shape index (κ1) is 15.2. The smallest absolute Gasteiger partial charge is 0.324 e. The maximum atomic E-state index is 13.0. The molecule has 1 nitrogen and oxygen atoms in total. The van der Waals surface area contributed by atoms with Gasteiger partial charge in [-0.1, -0.05) is 12.1 Å². The van der Waals surface area contributed by atoms with Crippen molar-refractivity contribution < 1.29 is 17.6 Å². The number of aryl methyl sites for hydroxylation is 1. The SMILES string of the molecule is Cc1ccc([C@H](N)CC(F)(F)F)cc1F.Cl. The Morgan fingerprint density at radius 1 is 1.31 bits per heavy atom. The average molecular weight is 258 g/mol. The van der Waals surface area contributed by atoms with Gasteiger partial charge in [-0.25, -0.2) is 4.39 Å². The van der Waals surface area contributed by atoms with Gasteiger partial charge in [-0.15, -0.1) is 12.4 Å². The predicted molar refractivity (Wildman–Crippen MR) is 56.0 cm³/mol. The molecule has 1 aromatic rings. The van der Waals surface area contributed by atoms with Gasteiger partial charge in [0.15, 0.2) is 0 Å². The number of nitrogens with two attached hydrogens (primary N) is 1. The molecular weight excluding hydrogens is 246 g/mol. The fourth-order valence-electron chi connectivity index (χ4n) is 1.21. The molecule has 0 heterocycles. The van der Waals surface area contributed by atoms with Crippen molar-refractivity contribution in [3.05, 3.63) is 35.1 Å². The molecule has 0 aromatic heterocycles. The van der Waals surface area contributed by atoms with E-state index >= 15 is 0 Å². The Hall–Kier alpha value is -0.810. The largest absolute Gasteiger partial charge is 0.390 e. The average Bonchev–Trinajstić information content (AvgIpc) is 2.06. The zero-order valence-electron chi connectivity index (χ0n) is 8.51. The van der Waals surface area contributed by atoms with Gasteiger partial charge in [-0.05, 0) is 24.1 Å². The van der Waals surface area contributed by atoms with E-state index in [9.17, 15) is 17.6 Å². The summed E-state index contributed by atoms with van der Waals surface area (Å²) in [5, 5.41) is 0. The highest BCUT2D eigenvalue weighted by atomic mass is 35.5. The zero-order valence-corrected chi connectivity index (χ0v) is 9.33. The molecule has 0 unspecified atom stereocenters. The van der Waals surface area contributed by atoms with Crippen LogP contribution < -0.4 is 5.73 Å². The van der Waals surface area contributed by atoms with Crippen LogP contribution >= 0.6 is 12.4 Å². The number of alkyl halides is 3. The van der Waals surface area contributed by atoms with Crippen LogP contribution in [0.4, 0.5) is 17.6 Å². The Balaban J connectivity index is 0.00000225. The van der Waals surface area contributed by atoms with Crippen molar-refractivity contribution in [2.75, 3.05) is 0 Å². The molecule has 1 aromatic carbocycles. The third-order valence-electron chi connectivity index (χ3n) is 2.08. The normalized spacial score (nSPS) is 13.1. The molecule has 0 radical (unpaired) electrons. The molecular formula is C10H12ClF4N. The summed E-state index contributed by atoms with van der Waals surface area (Å²) in [5.41, 5.74) is 5.86. The third kappa shape index (κ3) is 4.37. The van der Waals surface area contributed by atoms with Crippen LogP contribution in [0.5, 0.6) is 0 Å². The molecule has 2 N–H and O–H groups in total. The van der Waals surface area contributed by atoms with Crippen molar-refractivity contribution in [1.82, 2.24) is 0 Å². The minimum Gasteiger partial charge on any atom is -0.324 e. The van der Waals surface area contributed by atoms with Gasteiger partial charge in [0.1, 0.15) is 5.82 Å². The lowest BCUT2D eigenvalue weighted by atomic mass is 10.0. The second-order valence-corrected chi connectivity index (χ2v) is 3.43. The number of halogens is 5. The van der Waals surface area contributed by atoms with E-state index in [0.717, 1.165) is 6.07 Å². The Kier molecular flexibility index (Phi) is 5.22. The topological polar surface area (TPSA) is 26.0 Å². The van der Waals surface area contributed by atoms with Gasteiger partial charge in [-0.3, -0.25) is 0 Å². The Morgan fingerprint density at radius 2 is 1.88 bits per heavy atom. The van der Waals surface area contributed by atoms with E-state index in [1.165, 1.54) is 19.1 Å². The highest BCUT2D eigenvalue weighted by molar-refractivity contribution is 5.85. The van der Waals surface area contributed by atoms with E-state index in [2.05, 4.69) is 0 Å². The van der Waals surface area contributed by atoms with Crippen LogP contribution in [0.1, 0.15) is 23.6 Å². The molecule has 0 spiro atoms. The quantitative estimate of drug-likeness (QED) is 0.806. The van der Waals surface area contributed by atoms with Gasteiger partial charge in [-0.2, -0.15) is 13.2 Å². The van der Waals surface area contributed by atoms with Crippen molar-refractivity contribution in [3.8, 4) is 0 Å². The second-order valence-electron chi connectivity index (χ2n) is 3.43. The summed E-state index contributed by atoms with van der Waals surface area (Å²) in [4.78, 5) is 0. The highest BCUT2D eigenvalue weighted by Crippen LogP contribution is 2.28. The number of hydrogen-bond acceptors (Lipinski definition) is 1. The molecule has 1 rings (SSSR count). The lowest BCUT2D eigenvalue weighted by Crippen LogP contribution is -2.20. The van der Waals surface area contributed by atoms with E-state index in [4.69, 9.17) is 5.73 Å². The highest BCUT2D eigenvalue weighted by Gasteiger charge is 2.31. The maximum Gasteiger partial charge on any atom is 0.390 e. The third-order valence-corrected chi connectivity index (χ3v) is 2.08. The summed E-state index contributed by atoms with van der Waals surface area (Å²) in [6.07, 6.45) is -5.48. The molecule has 0 bridgehead atoms. The van der Waals surface area contributed by atoms with Crippen LogP contribution in [0.3, 0.4) is 0 Å². The molecule has 6 heteroatoms. The Labute approximate surface area is 97.0 Å². The number of hydrogen-bond donors (Lipinski definition) is 1. The number of rotatable bonds is 2. The molecule has 16 heavy (non-hydrogen) atoms. The summed E-state index contributed by atoms with van der Waals surface area (Å²) in [6.45, 7) is 1.54. The Morgan fingerprint density at radius 3 is 2.31 bits per heavy atom.